The molecule has 0 radical (unpaired) electrons. The van der Waals surface area contributed by atoms with E-state index in [1.807, 2.05) is 13.8 Å². The molecule has 252 valence electrons. The van der Waals surface area contributed by atoms with Gasteiger partial charge in [-0.05, 0) is 50.0 Å². The lowest BCUT2D eigenvalue weighted by Gasteiger charge is -2.28. The molecule has 6 N–H and O–H groups in total. The maximum Gasteiger partial charge on any atom is 0.407 e. The van der Waals surface area contributed by atoms with E-state index in [0.29, 0.717) is 12.8 Å². The molecule has 0 fully saturated rings. The first-order valence-corrected chi connectivity index (χ1v) is 15.4. The number of alkyl carbamates (subject to hydrolysis) is 1. The molecule has 0 rings (SSSR count). The van der Waals surface area contributed by atoms with Gasteiger partial charge in [-0.25, -0.2) is 14.4 Å². The number of hydrogen-bond acceptors (Lipinski definition) is 7. The van der Waals surface area contributed by atoms with E-state index in [9.17, 15) is 33.9 Å². The number of halogens is 3. The summed E-state index contributed by atoms with van der Waals surface area (Å²) in [5.74, 6) is -3.49. The molecule has 0 heterocycles. The highest BCUT2D eigenvalue weighted by molar-refractivity contribution is 6.67. The Bertz CT molecular complexity index is 1020. The molecule has 0 unspecified atom stereocenters. The number of unbranched alkanes of at least 4 members (excludes halogenated alkanes) is 1. The Morgan fingerprint density at radius 1 is 0.795 bits per heavy atom. The van der Waals surface area contributed by atoms with Crippen molar-refractivity contribution in [2.45, 2.75) is 95.7 Å². The molecule has 4 atom stereocenters. The van der Waals surface area contributed by atoms with Crippen LogP contribution in [0.25, 0.3) is 0 Å². The van der Waals surface area contributed by atoms with Crippen molar-refractivity contribution in [2.24, 2.45) is 17.8 Å². The molecular formula is C28H46Cl3N5O8. The third-order valence-electron chi connectivity index (χ3n) is 6.21. The molecular weight excluding hydrogens is 641 g/mol. The summed E-state index contributed by atoms with van der Waals surface area (Å²) in [6.45, 7) is 11.5. The fraction of sp³-hybridized carbons (Fsp3) is 0.714. The Morgan fingerprint density at radius 2 is 1.36 bits per heavy atom. The third-order valence-corrected chi connectivity index (χ3v) is 6.54. The Balaban J connectivity index is 5.63. The van der Waals surface area contributed by atoms with E-state index in [2.05, 4.69) is 26.6 Å². The number of hydrogen-bond donors (Lipinski definition) is 6. The van der Waals surface area contributed by atoms with Crippen LogP contribution in [-0.2, 0) is 23.9 Å². The van der Waals surface area contributed by atoms with Gasteiger partial charge in [0, 0.05) is 12.6 Å². The third kappa shape index (κ3) is 18.1. The number of carboxylic acid groups (broad SMARTS) is 1. The Morgan fingerprint density at radius 3 is 1.84 bits per heavy atom. The summed E-state index contributed by atoms with van der Waals surface area (Å²) in [7, 11) is 0. The fourth-order valence-corrected chi connectivity index (χ4v) is 3.87. The molecule has 5 amide bonds. The monoisotopic (exact) mass is 685 g/mol. The quantitative estimate of drug-likeness (QED) is 0.0717. The number of ketones is 1. The number of allylic oxidation sites excluding steroid dienone is 1. The van der Waals surface area contributed by atoms with Crippen molar-refractivity contribution >= 4 is 70.5 Å². The predicted molar refractivity (Wildman–Crippen MR) is 169 cm³/mol. The molecule has 13 nitrogen and oxygen atoms in total. The maximum absolute atomic E-state index is 13.4. The Labute approximate surface area is 273 Å². The highest BCUT2D eigenvalue weighted by Crippen LogP contribution is 2.25. The van der Waals surface area contributed by atoms with Crippen molar-refractivity contribution in [3.63, 3.8) is 0 Å². The Hall–Kier alpha value is -2.77. The molecule has 0 saturated heterocycles. The number of amides is 5. The van der Waals surface area contributed by atoms with Gasteiger partial charge in [0.05, 0.1) is 0 Å². The summed E-state index contributed by atoms with van der Waals surface area (Å²) in [4.78, 5) is 74.0. The SMILES string of the molecule is CC(=O)/C=C/[C@@H](NC(=O)[C@H](CCCCNC(=O)OCC(Cl)(Cl)Cl)NC(=O)[C@@H](NC(=O)N[C@H](C(=O)O)C(C)C)C(C)C)C(C)C. The van der Waals surface area contributed by atoms with Crippen LogP contribution < -0.4 is 26.6 Å². The molecule has 0 saturated carbocycles. The predicted octanol–water partition coefficient (Wildman–Crippen LogP) is 3.46. The average molecular weight is 687 g/mol. The van der Waals surface area contributed by atoms with Crippen LogP contribution in [0.5, 0.6) is 0 Å². The van der Waals surface area contributed by atoms with Gasteiger partial charge < -0.3 is 36.4 Å². The van der Waals surface area contributed by atoms with Crippen LogP contribution in [0, 0.1) is 17.8 Å². The van der Waals surface area contributed by atoms with Gasteiger partial charge in [0.25, 0.3) is 0 Å². The van der Waals surface area contributed by atoms with Crippen LogP contribution in [0.2, 0.25) is 0 Å². The second kappa shape index (κ2) is 20.3. The van der Waals surface area contributed by atoms with E-state index in [0.717, 1.165) is 0 Å². The van der Waals surface area contributed by atoms with Crippen LogP contribution in [0.3, 0.4) is 0 Å². The van der Waals surface area contributed by atoms with E-state index in [4.69, 9.17) is 39.5 Å². The zero-order valence-corrected chi connectivity index (χ0v) is 28.4. The van der Waals surface area contributed by atoms with Gasteiger partial charge in [-0.15, -0.1) is 0 Å². The second-order valence-corrected chi connectivity index (χ2v) is 13.8. The van der Waals surface area contributed by atoms with Crippen molar-refractivity contribution in [3.8, 4) is 0 Å². The summed E-state index contributed by atoms with van der Waals surface area (Å²) in [6.07, 6.45) is 3.09. The molecule has 16 heteroatoms. The fourth-order valence-electron chi connectivity index (χ4n) is 3.71. The first kappa shape index (κ1) is 41.2. The van der Waals surface area contributed by atoms with Gasteiger partial charge in [-0.3, -0.25) is 14.4 Å². The highest BCUT2D eigenvalue weighted by Gasteiger charge is 2.31. The van der Waals surface area contributed by atoms with Gasteiger partial charge in [-0.1, -0.05) is 82.4 Å². The summed E-state index contributed by atoms with van der Waals surface area (Å²) in [5.41, 5.74) is 0. The van der Waals surface area contributed by atoms with Crippen LogP contribution >= 0.6 is 34.8 Å². The normalized spacial score (nSPS) is 14.5. The van der Waals surface area contributed by atoms with E-state index < -0.39 is 76.3 Å². The average Bonchev–Trinajstić information content (AvgIpc) is 2.89. The molecule has 0 aliphatic heterocycles. The molecule has 0 aromatic rings. The number of aliphatic carboxylic acids is 1. The minimum Gasteiger partial charge on any atom is -0.480 e. The van der Waals surface area contributed by atoms with Crippen LogP contribution in [-0.4, -0.2) is 81.9 Å². The van der Waals surface area contributed by atoms with Crippen molar-refractivity contribution in [3.05, 3.63) is 12.2 Å². The first-order chi connectivity index (χ1) is 20.2. The minimum absolute atomic E-state index is 0.0780. The van der Waals surface area contributed by atoms with Gasteiger partial charge in [0.2, 0.25) is 15.6 Å². The maximum atomic E-state index is 13.4. The lowest BCUT2D eigenvalue weighted by atomic mass is 10.00. The van der Waals surface area contributed by atoms with E-state index in [-0.39, 0.29) is 24.7 Å². The summed E-state index contributed by atoms with van der Waals surface area (Å²) < 4.78 is 3.04. The molecule has 0 aliphatic rings. The first-order valence-electron chi connectivity index (χ1n) is 14.3. The molecule has 44 heavy (non-hydrogen) atoms. The Kier molecular flexibility index (Phi) is 19.0. The topological polar surface area (TPSA) is 192 Å². The van der Waals surface area contributed by atoms with Gasteiger partial charge in [-0.2, -0.15) is 0 Å². The minimum atomic E-state index is -1.75. The van der Waals surface area contributed by atoms with Gasteiger partial charge in [0.1, 0.15) is 24.7 Å². The largest absolute Gasteiger partial charge is 0.480 e. The second-order valence-electron chi connectivity index (χ2n) is 11.3. The zero-order chi connectivity index (χ0) is 34.2. The molecule has 0 spiro atoms. The molecule has 0 bridgehead atoms. The van der Waals surface area contributed by atoms with E-state index in [1.54, 1.807) is 33.8 Å². The van der Waals surface area contributed by atoms with Crippen LogP contribution in [0.15, 0.2) is 12.2 Å². The van der Waals surface area contributed by atoms with E-state index >= 15 is 0 Å². The number of alkyl halides is 3. The highest BCUT2D eigenvalue weighted by atomic mass is 35.6. The van der Waals surface area contributed by atoms with Gasteiger partial charge in [0.15, 0.2) is 5.78 Å². The van der Waals surface area contributed by atoms with Crippen LogP contribution in [0.4, 0.5) is 9.59 Å². The molecule has 0 aromatic carbocycles. The van der Waals surface area contributed by atoms with Crippen molar-refractivity contribution in [1.82, 2.24) is 26.6 Å². The number of carboxylic acids is 1. The number of carbonyl (C=O) groups is 6. The number of rotatable bonds is 18. The van der Waals surface area contributed by atoms with E-state index in [1.165, 1.54) is 13.0 Å². The molecule has 0 aliphatic carbocycles. The van der Waals surface area contributed by atoms with Crippen molar-refractivity contribution in [2.75, 3.05) is 13.2 Å². The number of carbonyl (C=O) groups excluding carboxylic acids is 5. The zero-order valence-electron chi connectivity index (χ0n) is 26.2. The smallest absolute Gasteiger partial charge is 0.407 e. The number of ether oxygens (including phenoxy) is 1. The van der Waals surface area contributed by atoms with Crippen LogP contribution in [0.1, 0.15) is 67.7 Å². The number of urea groups is 1. The lowest BCUT2D eigenvalue weighted by molar-refractivity contribution is -0.140. The summed E-state index contributed by atoms with van der Waals surface area (Å²) in [6, 6.07) is -4.66. The molecule has 0 aromatic heterocycles. The van der Waals surface area contributed by atoms with Crippen molar-refractivity contribution in [1.29, 1.82) is 0 Å². The lowest BCUT2D eigenvalue weighted by Crippen LogP contribution is -2.59. The standard InChI is InChI=1S/C28H46Cl3N5O8/c1-15(2)19(12-11-18(7)37)33-23(38)20(10-8-9-13-32-27(43)44-14-28(29,30)31)34-24(39)21(16(3)4)35-26(42)36-22(17(5)6)25(40)41/h11-12,15-17,19-22H,8-10,13-14H2,1-7H3,(H,32,43)(H,33,38)(H,34,39)(H,40,41)(H2,35,36,42)/b12-11+/t19-,20+,21+,22+/m1/s1. The summed E-state index contributed by atoms with van der Waals surface area (Å²) >= 11 is 16.7. The number of nitrogens with one attached hydrogen (secondary N) is 5. The van der Waals surface area contributed by atoms with Gasteiger partial charge >= 0.3 is 18.1 Å². The summed E-state index contributed by atoms with van der Waals surface area (Å²) in [5, 5.41) is 22.3. The van der Waals surface area contributed by atoms with Crippen molar-refractivity contribution < 1.29 is 38.6 Å².